The van der Waals surface area contributed by atoms with Gasteiger partial charge in [0.2, 0.25) is 5.82 Å². The van der Waals surface area contributed by atoms with E-state index in [-0.39, 0.29) is 23.3 Å². The lowest BCUT2D eigenvalue weighted by Gasteiger charge is -2.08. The zero-order valence-electron chi connectivity index (χ0n) is 16.8. The van der Waals surface area contributed by atoms with E-state index >= 15 is 0 Å². The maximum Gasteiger partial charge on any atom is 0.292 e. The van der Waals surface area contributed by atoms with Crippen molar-refractivity contribution in [2.75, 3.05) is 5.32 Å². The molecule has 30 heavy (non-hydrogen) atoms. The number of fused-ring (bicyclic) bond motifs is 1. The van der Waals surface area contributed by atoms with Crippen LogP contribution in [0.5, 0.6) is 0 Å². The number of hydrogen-bond donors (Lipinski definition) is 2. The molecule has 2 amide bonds. The van der Waals surface area contributed by atoms with Gasteiger partial charge in [0.1, 0.15) is 0 Å². The van der Waals surface area contributed by atoms with Crippen molar-refractivity contribution in [3.05, 3.63) is 101 Å². The standard InChI is InChI=1S/C24H22N4O2/c1-16-11-12-19(17(2)14-16)26-24(30)22-27-21(20-10-6-7-13-28(20)22)23(29)25-15-18-8-4-3-5-9-18/h3-14H,15H2,1-2H3,(H,25,29)(H,26,30). The van der Waals surface area contributed by atoms with Crippen LogP contribution in [0.4, 0.5) is 5.69 Å². The lowest BCUT2D eigenvalue weighted by Crippen LogP contribution is -2.23. The molecule has 150 valence electrons. The van der Waals surface area contributed by atoms with Crippen LogP contribution in [0.25, 0.3) is 5.52 Å². The highest BCUT2D eigenvalue weighted by Crippen LogP contribution is 2.19. The maximum absolute atomic E-state index is 13.0. The molecular weight excluding hydrogens is 376 g/mol. The first-order valence-corrected chi connectivity index (χ1v) is 9.71. The molecule has 6 heteroatoms. The van der Waals surface area contributed by atoms with Gasteiger partial charge in [-0.15, -0.1) is 0 Å². The molecule has 2 heterocycles. The number of benzene rings is 2. The summed E-state index contributed by atoms with van der Waals surface area (Å²) in [6.07, 6.45) is 1.73. The summed E-state index contributed by atoms with van der Waals surface area (Å²) in [5.41, 5.74) is 4.58. The molecule has 0 saturated heterocycles. The highest BCUT2D eigenvalue weighted by molar-refractivity contribution is 6.06. The van der Waals surface area contributed by atoms with Gasteiger partial charge >= 0.3 is 0 Å². The van der Waals surface area contributed by atoms with Crippen LogP contribution in [-0.4, -0.2) is 21.2 Å². The second kappa shape index (κ2) is 8.21. The average Bonchev–Trinajstić information content (AvgIpc) is 3.15. The number of carbonyl (C=O) groups excluding carboxylic acids is 2. The van der Waals surface area contributed by atoms with Crippen LogP contribution in [0.2, 0.25) is 0 Å². The lowest BCUT2D eigenvalue weighted by atomic mass is 10.1. The monoisotopic (exact) mass is 398 g/mol. The summed E-state index contributed by atoms with van der Waals surface area (Å²) in [6.45, 7) is 4.32. The zero-order chi connectivity index (χ0) is 21.1. The van der Waals surface area contributed by atoms with Gasteiger partial charge < -0.3 is 10.6 Å². The van der Waals surface area contributed by atoms with Crippen molar-refractivity contribution in [3.8, 4) is 0 Å². The quantitative estimate of drug-likeness (QED) is 0.531. The average molecular weight is 398 g/mol. The normalized spacial score (nSPS) is 10.7. The molecule has 0 spiro atoms. The van der Waals surface area contributed by atoms with E-state index in [1.807, 2.05) is 68.4 Å². The molecule has 0 radical (unpaired) electrons. The summed E-state index contributed by atoms with van der Waals surface area (Å²) >= 11 is 0. The summed E-state index contributed by atoms with van der Waals surface area (Å²) in [6, 6.07) is 20.8. The number of anilines is 1. The van der Waals surface area contributed by atoms with Gasteiger partial charge in [0.05, 0.1) is 5.52 Å². The lowest BCUT2D eigenvalue weighted by molar-refractivity contribution is 0.0948. The molecule has 2 aromatic carbocycles. The van der Waals surface area contributed by atoms with Crippen molar-refractivity contribution in [2.45, 2.75) is 20.4 Å². The summed E-state index contributed by atoms with van der Waals surface area (Å²) in [4.78, 5) is 30.1. The minimum atomic E-state index is -0.370. The number of amides is 2. The van der Waals surface area contributed by atoms with Crippen molar-refractivity contribution in [2.24, 2.45) is 0 Å². The second-order valence-electron chi connectivity index (χ2n) is 7.18. The van der Waals surface area contributed by atoms with E-state index in [0.29, 0.717) is 17.7 Å². The Morgan fingerprint density at radius 1 is 0.933 bits per heavy atom. The third-order valence-corrected chi connectivity index (χ3v) is 4.89. The van der Waals surface area contributed by atoms with Gasteiger partial charge in [-0.1, -0.05) is 54.1 Å². The number of imidazole rings is 1. The van der Waals surface area contributed by atoms with Gasteiger partial charge in [-0.2, -0.15) is 0 Å². The van der Waals surface area contributed by atoms with Crippen LogP contribution < -0.4 is 10.6 Å². The van der Waals surface area contributed by atoms with E-state index in [2.05, 4.69) is 15.6 Å². The molecule has 4 rings (SSSR count). The molecule has 0 fully saturated rings. The van der Waals surface area contributed by atoms with Crippen molar-refractivity contribution in [1.82, 2.24) is 14.7 Å². The molecule has 4 aromatic rings. The van der Waals surface area contributed by atoms with E-state index < -0.39 is 0 Å². The number of pyridine rings is 1. The molecule has 0 saturated carbocycles. The van der Waals surface area contributed by atoms with Crippen LogP contribution >= 0.6 is 0 Å². The van der Waals surface area contributed by atoms with Crippen LogP contribution in [0.1, 0.15) is 37.8 Å². The Morgan fingerprint density at radius 2 is 1.70 bits per heavy atom. The molecule has 0 aliphatic rings. The molecule has 0 atom stereocenters. The van der Waals surface area contributed by atoms with Crippen LogP contribution in [0, 0.1) is 13.8 Å². The van der Waals surface area contributed by atoms with E-state index in [1.54, 1.807) is 22.7 Å². The molecule has 0 bridgehead atoms. The summed E-state index contributed by atoms with van der Waals surface area (Å²) in [5, 5.41) is 5.78. The van der Waals surface area contributed by atoms with Crippen LogP contribution in [0.15, 0.2) is 72.9 Å². The Morgan fingerprint density at radius 3 is 2.47 bits per heavy atom. The second-order valence-corrected chi connectivity index (χ2v) is 7.18. The first-order valence-electron chi connectivity index (χ1n) is 9.71. The predicted molar refractivity (Wildman–Crippen MR) is 117 cm³/mol. The molecule has 2 aromatic heterocycles. The van der Waals surface area contributed by atoms with Gasteiger partial charge in [-0.25, -0.2) is 4.98 Å². The zero-order valence-corrected chi connectivity index (χ0v) is 16.8. The first-order chi connectivity index (χ1) is 14.5. The highest BCUT2D eigenvalue weighted by Gasteiger charge is 2.21. The van der Waals surface area contributed by atoms with Gasteiger partial charge in [-0.05, 0) is 43.2 Å². The molecule has 6 nitrogen and oxygen atoms in total. The van der Waals surface area contributed by atoms with Crippen LogP contribution in [0.3, 0.4) is 0 Å². The van der Waals surface area contributed by atoms with E-state index in [0.717, 1.165) is 16.7 Å². The number of carbonyl (C=O) groups is 2. The van der Waals surface area contributed by atoms with Gasteiger partial charge in [0.15, 0.2) is 5.69 Å². The fourth-order valence-corrected chi connectivity index (χ4v) is 3.36. The Bertz CT molecular complexity index is 1230. The maximum atomic E-state index is 13.0. The Kier molecular flexibility index (Phi) is 5.30. The smallest absolute Gasteiger partial charge is 0.292 e. The minimum Gasteiger partial charge on any atom is -0.347 e. The van der Waals surface area contributed by atoms with Crippen molar-refractivity contribution in [3.63, 3.8) is 0 Å². The minimum absolute atomic E-state index is 0.162. The van der Waals surface area contributed by atoms with E-state index in [4.69, 9.17) is 0 Å². The predicted octanol–water partition coefficient (Wildman–Crippen LogP) is 4.13. The largest absolute Gasteiger partial charge is 0.347 e. The van der Waals surface area contributed by atoms with Gasteiger partial charge in [-0.3, -0.25) is 14.0 Å². The molecule has 0 aliphatic carbocycles. The number of aryl methyl sites for hydroxylation is 2. The Labute approximate surface area is 174 Å². The van der Waals surface area contributed by atoms with E-state index in [9.17, 15) is 9.59 Å². The number of nitrogens with zero attached hydrogens (tertiary/aromatic N) is 2. The van der Waals surface area contributed by atoms with Gasteiger partial charge in [0.25, 0.3) is 11.8 Å². The third kappa shape index (κ3) is 3.93. The fraction of sp³-hybridized carbons (Fsp3) is 0.125. The SMILES string of the molecule is Cc1ccc(NC(=O)c2nc(C(=O)NCc3ccccc3)c3ccccn23)c(C)c1. The molecule has 0 unspecified atom stereocenters. The van der Waals surface area contributed by atoms with Crippen molar-refractivity contribution in [1.29, 1.82) is 0 Å². The summed E-state index contributed by atoms with van der Waals surface area (Å²) in [5.74, 6) is -0.534. The summed E-state index contributed by atoms with van der Waals surface area (Å²) in [7, 11) is 0. The first kappa shape index (κ1) is 19.4. The van der Waals surface area contributed by atoms with Crippen LogP contribution in [-0.2, 0) is 6.54 Å². The topological polar surface area (TPSA) is 75.5 Å². The fourth-order valence-electron chi connectivity index (χ4n) is 3.36. The van der Waals surface area contributed by atoms with Gasteiger partial charge in [0, 0.05) is 18.4 Å². The van der Waals surface area contributed by atoms with E-state index in [1.165, 1.54) is 0 Å². The third-order valence-electron chi connectivity index (χ3n) is 4.89. The number of hydrogen-bond acceptors (Lipinski definition) is 3. The number of rotatable bonds is 5. The highest BCUT2D eigenvalue weighted by atomic mass is 16.2. The molecule has 0 aliphatic heterocycles. The van der Waals surface area contributed by atoms with Crippen molar-refractivity contribution >= 4 is 23.0 Å². The van der Waals surface area contributed by atoms with Crippen molar-refractivity contribution < 1.29 is 9.59 Å². The summed E-state index contributed by atoms with van der Waals surface area (Å²) < 4.78 is 1.64. The number of aromatic nitrogens is 2. The molecule has 2 N–H and O–H groups in total. The Balaban J connectivity index is 1.61. The number of nitrogens with one attached hydrogen (secondary N) is 2. The molecular formula is C24H22N4O2. The Hall–Kier alpha value is -3.93.